The molecule has 106 valence electrons. The van der Waals surface area contributed by atoms with Crippen LogP contribution in [-0.4, -0.2) is 25.3 Å². The van der Waals surface area contributed by atoms with Crippen LogP contribution in [0.3, 0.4) is 0 Å². The van der Waals surface area contributed by atoms with Crippen molar-refractivity contribution in [3.05, 3.63) is 23.2 Å². The van der Waals surface area contributed by atoms with Crippen LogP contribution in [0, 0.1) is 0 Å². The third-order valence-electron chi connectivity index (χ3n) is 3.30. The highest BCUT2D eigenvalue weighted by Gasteiger charge is 2.29. The van der Waals surface area contributed by atoms with Crippen LogP contribution in [0.4, 0.5) is 11.4 Å². The molecule has 1 aromatic carbocycles. The van der Waals surface area contributed by atoms with E-state index in [-0.39, 0.29) is 6.04 Å². The maximum atomic E-state index is 12.3. The lowest BCUT2D eigenvalue weighted by atomic mass is 10.1. The Kier molecular flexibility index (Phi) is 4.23. The van der Waals surface area contributed by atoms with Gasteiger partial charge in [0.1, 0.15) is 0 Å². The van der Waals surface area contributed by atoms with Crippen molar-refractivity contribution in [3.8, 4) is 0 Å². The number of hydrogen-bond acceptors (Lipinski definition) is 3. The third-order valence-corrected chi connectivity index (χ3v) is 5.18. The van der Waals surface area contributed by atoms with Gasteiger partial charge in [0.05, 0.1) is 11.4 Å². The molecule has 1 aliphatic heterocycles. The van der Waals surface area contributed by atoms with E-state index in [1.54, 1.807) is 12.1 Å². The van der Waals surface area contributed by atoms with E-state index in [4.69, 9.17) is 17.3 Å². The number of benzene rings is 1. The number of halogens is 1. The Hall–Kier alpha value is -0.980. The summed E-state index contributed by atoms with van der Waals surface area (Å²) in [5.74, 6) is 0. The second-order valence-corrected chi connectivity index (χ2v) is 6.85. The topological polar surface area (TPSA) is 75.4 Å². The Bertz CT molecular complexity index is 562. The van der Waals surface area contributed by atoms with E-state index in [2.05, 4.69) is 4.72 Å². The van der Waals surface area contributed by atoms with Gasteiger partial charge in [-0.15, -0.1) is 0 Å². The molecular formula is C12H18ClN3O2S. The van der Waals surface area contributed by atoms with E-state index >= 15 is 0 Å². The molecule has 1 aromatic rings. The summed E-state index contributed by atoms with van der Waals surface area (Å²) in [5.41, 5.74) is 6.45. The number of nitrogens with one attached hydrogen (secondary N) is 1. The Balaban J connectivity index is 2.20. The van der Waals surface area contributed by atoms with Crippen molar-refractivity contribution < 1.29 is 8.42 Å². The van der Waals surface area contributed by atoms with Crippen molar-refractivity contribution >= 4 is 33.2 Å². The molecule has 3 N–H and O–H groups in total. The summed E-state index contributed by atoms with van der Waals surface area (Å²) in [6.45, 7) is 2.47. The standard InChI is InChI=1S/C12H18ClN3O2S/c1-9-4-2-3-7-16(9)19(17,18)15-12-6-5-10(13)8-11(12)14/h5-6,8-9,15H,2-4,7,14H2,1H3. The number of nitrogen functional groups attached to an aromatic ring is 1. The molecular weight excluding hydrogens is 286 g/mol. The monoisotopic (exact) mass is 303 g/mol. The highest BCUT2D eigenvalue weighted by atomic mass is 35.5. The lowest BCUT2D eigenvalue weighted by molar-refractivity contribution is 0.270. The van der Waals surface area contributed by atoms with Gasteiger partial charge in [0.2, 0.25) is 0 Å². The van der Waals surface area contributed by atoms with E-state index in [1.807, 2.05) is 6.92 Å². The predicted molar refractivity (Wildman–Crippen MR) is 78.4 cm³/mol. The van der Waals surface area contributed by atoms with E-state index in [0.717, 1.165) is 19.3 Å². The lowest BCUT2D eigenvalue weighted by Gasteiger charge is -2.32. The van der Waals surface area contributed by atoms with Crippen molar-refractivity contribution in [2.75, 3.05) is 17.0 Å². The molecule has 1 atom stereocenters. The summed E-state index contributed by atoms with van der Waals surface area (Å²) in [6, 6.07) is 4.72. The Morgan fingerprint density at radius 2 is 2.16 bits per heavy atom. The number of hydrogen-bond donors (Lipinski definition) is 2. The van der Waals surface area contributed by atoms with Crippen LogP contribution >= 0.6 is 11.6 Å². The molecule has 0 aliphatic carbocycles. The van der Waals surface area contributed by atoms with Gasteiger partial charge < -0.3 is 5.73 Å². The Morgan fingerprint density at radius 1 is 1.42 bits per heavy atom. The van der Waals surface area contributed by atoms with Crippen molar-refractivity contribution in [1.29, 1.82) is 0 Å². The van der Waals surface area contributed by atoms with Gasteiger partial charge in [-0.05, 0) is 38.0 Å². The molecule has 0 bridgehead atoms. The van der Waals surface area contributed by atoms with Crippen LogP contribution in [0.1, 0.15) is 26.2 Å². The second-order valence-electron chi connectivity index (χ2n) is 4.79. The normalized spacial score (nSPS) is 21.3. The van der Waals surface area contributed by atoms with Gasteiger partial charge in [-0.1, -0.05) is 18.0 Å². The molecule has 0 aromatic heterocycles. The minimum absolute atomic E-state index is 0.0137. The maximum absolute atomic E-state index is 12.3. The first kappa shape index (κ1) is 14.4. The Morgan fingerprint density at radius 3 is 2.79 bits per heavy atom. The zero-order chi connectivity index (χ0) is 14.0. The van der Waals surface area contributed by atoms with Crippen LogP contribution in [-0.2, 0) is 10.2 Å². The summed E-state index contributed by atoms with van der Waals surface area (Å²) in [6.07, 6.45) is 2.84. The number of nitrogens with zero attached hydrogens (tertiary/aromatic N) is 1. The first-order chi connectivity index (χ1) is 8.90. The molecule has 1 fully saturated rings. The number of piperidine rings is 1. The summed E-state index contributed by atoms with van der Waals surface area (Å²) in [4.78, 5) is 0. The van der Waals surface area contributed by atoms with Gasteiger partial charge in [0.15, 0.2) is 0 Å². The summed E-state index contributed by atoms with van der Waals surface area (Å²) >= 11 is 5.79. The minimum atomic E-state index is -3.56. The smallest absolute Gasteiger partial charge is 0.301 e. The summed E-state index contributed by atoms with van der Waals surface area (Å²) in [5, 5.41) is 0.479. The van der Waals surface area contributed by atoms with Gasteiger partial charge in [-0.2, -0.15) is 12.7 Å². The summed E-state index contributed by atoms with van der Waals surface area (Å²) < 4.78 is 28.7. The fourth-order valence-electron chi connectivity index (χ4n) is 2.25. The van der Waals surface area contributed by atoms with E-state index in [9.17, 15) is 8.42 Å². The molecule has 0 amide bonds. The van der Waals surface area contributed by atoms with Crippen LogP contribution in [0.15, 0.2) is 18.2 Å². The van der Waals surface area contributed by atoms with Crippen molar-refractivity contribution in [3.63, 3.8) is 0 Å². The van der Waals surface area contributed by atoms with E-state index in [1.165, 1.54) is 10.4 Å². The molecule has 0 spiro atoms. The molecule has 19 heavy (non-hydrogen) atoms. The number of rotatable bonds is 3. The SMILES string of the molecule is CC1CCCCN1S(=O)(=O)Nc1ccc(Cl)cc1N. The largest absolute Gasteiger partial charge is 0.397 e. The summed E-state index contributed by atoms with van der Waals surface area (Å²) in [7, 11) is -3.56. The van der Waals surface area contributed by atoms with Crippen LogP contribution < -0.4 is 10.5 Å². The quantitative estimate of drug-likeness (QED) is 0.842. The lowest BCUT2D eigenvalue weighted by Crippen LogP contribution is -2.44. The third kappa shape index (κ3) is 3.32. The molecule has 1 heterocycles. The number of nitrogens with two attached hydrogens (primary N) is 1. The fraction of sp³-hybridized carbons (Fsp3) is 0.500. The highest BCUT2D eigenvalue weighted by molar-refractivity contribution is 7.90. The van der Waals surface area contributed by atoms with Crippen LogP contribution in [0.5, 0.6) is 0 Å². The van der Waals surface area contributed by atoms with Gasteiger partial charge in [-0.25, -0.2) is 0 Å². The molecule has 1 aliphatic rings. The number of anilines is 2. The Labute approximate surface area is 118 Å². The second kappa shape index (κ2) is 5.56. The van der Waals surface area contributed by atoms with Crippen LogP contribution in [0.25, 0.3) is 0 Å². The highest BCUT2D eigenvalue weighted by Crippen LogP contribution is 2.26. The van der Waals surface area contributed by atoms with Gasteiger partial charge in [0, 0.05) is 17.6 Å². The van der Waals surface area contributed by atoms with Gasteiger partial charge in [0.25, 0.3) is 0 Å². The first-order valence-electron chi connectivity index (χ1n) is 6.25. The first-order valence-corrected chi connectivity index (χ1v) is 8.06. The fourth-order valence-corrected chi connectivity index (χ4v) is 3.96. The maximum Gasteiger partial charge on any atom is 0.301 e. The zero-order valence-corrected chi connectivity index (χ0v) is 12.3. The van der Waals surface area contributed by atoms with Crippen molar-refractivity contribution in [2.45, 2.75) is 32.2 Å². The minimum Gasteiger partial charge on any atom is -0.397 e. The molecule has 2 rings (SSSR count). The molecule has 0 radical (unpaired) electrons. The van der Waals surface area contributed by atoms with Gasteiger partial charge in [-0.3, -0.25) is 4.72 Å². The van der Waals surface area contributed by atoms with E-state index < -0.39 is 10.2 Å². The molecule has 7 heteroatoms. The van der Waals surface area contributed by atoms with E-state index in [0.29, 0.717) is 22.9 Å². The van der Waals surface area contributed by atoms with Crippen LogP contribution in [0.2, 0.25) is 5.02 Å². The molecule has 0 saturated carbocycles. The average Bonchev–Trinajstić information content (AvgIpc) is 2.33. The molecule has 1 saturated heterocycles. The van der Waals surface area contributed by atoms with Crippen molar-refractivity contribution in [2.24, 2.45) is 0 Å². The molecule has 5 nitrogen and oxygen atoms in total. The average molecular weight is 304 g/mol. The van der Waals surface area contributed by atoms with Crippen molar-refractivity contribution in [1.82, 2.24) is 4.31 Å². The zero-order valence-electron chi connectivity index (χ0n) is 10.8. The predicted octanol–water partition coefficient (Wildman–Crippen LogP) is 2.45. The molecule has 1 unspecified atom stereocenters. The van der Waals surface area contributed by atoms with Gasteiger partial charge >= 0.3 is 10.2 Å².